The van der Waals surface area contributed by atoms with Gasteiger partial charge >= 0.3 is 0 Å². The van der Waals surface area contributed by atoms with E-state index in [1.807, 2.05) is 18.2 Å². The predicted octanol–water partition coefficient (Wildman–Crippen LogP) is 3.44. The van der Waals surface area contributed by atoms with Gasteiger partial charge in [-0.2, -0.15) is 5.10 Å². The molecular weight excluding hydrogens is 433 g/mol. The van der Waals surface area contributed by atoms with Crippen molar-refractivity contribution in [2.75, 3.05) is 5.32 Å². The molecule has 0 saturated carbocycles. The molecule has 0 spiro atoms. The molecule has 7 heteroatoms. The third kappa shape index (κ3) is 5.56. The summed E-state index contributed by atoms with van der Waals surface area (Å²) < 4.78 is 1.02. The number of hydrogen-bond donors (Lipinski definition) is 3. The summed E-state index contributed by atoms with van der Waals surface area (Å²) in [5.41, 5.74) is 4.25. The van der Waals surface area contributed by atoms with Crippen LogP contribution in [0, 0.1) is 10.5 Å². The molecule has 0 atom stereocenters. The number of aromatic hydroxyl groups is 1. The number of carbonyl (C=O) groups is 2. The highest BCUT2D eigenvalue weighted by atomic mass is 127. The summed E-state index contributed by atoms with van der Waals surface area (Å²) in [6.07, 6.45) is 0.0472. The van der Waals surface area contributed by atoms with Gasteiger partial charge in [0.25, 0.3) is 5.91 Å². The summed E-state index contributed by atoms with van der Waals surface area (Å²) in [7, 11) is 0. The molecule has 0 unspecified atom stereocenters. The number of hydrogen-bond acceptors (Lipinski definition) is 4. The van der Waals surface area contributed by atoms with Crippen molar-refractivity contribution in [3.8, 4) is 5.75 Å². The Labute approximate surface area is 159 Å². The number of nitrogens with one attached hydrogen (secondary N) is 2. The maximum atomic E-state index is 12.1. The molecule has 130 valence electrons. The van der Waals surface area contributed by atoms with Crippen molar-refractivity contribution in [3.63, 3.8) is 0 Å². The van der Waals surface area contributed by atoms with Gasteiger partial charge in [-0.15, -0.1) is 0 Å². The maximum Gasteiger partial charge on any atom is 0.275 e. The topological polar surface area (TPSA) is 90.8 Å². The number of amides is 2. The standard InChI is InChI=1S/C18H18IN3O3/c1-11-5-3-8-15(17(11)24)18(25)22-21-12(2)9-16(23)20-14-7-4-6-13(19)10-14/h3-8,10,24H,9H2,1-2H3,(H,20,23)(H,22,25)/b21-12+. The number of halogens is 1. The Morgan fingerprint density at radius 2 is 1.92 bits per heavy atom. The van der Waals surface area contributed by atoms with E-state index in [-0.39, 0.29) is 23.6 Å². The van der Waals surface area contributed by atoms with Crippen molar-refractivity contribution in [1.82, 2.24) is 5.43 Å². The van der Waals surface area contributed by atoms with Crippen molar-refractivity contribution < 1.29 is 14.7 Å². The number of phenolic OH excluding ortho intramolecular Hbond substituents is 1. The normalized spacial score (nSPS) is 11.1. The highest BCUT2D eigenvalue weighted by molar-refractivity contribution is 14.1. The monoisotopic (exact) mass is 451 g/mol. The molecule has 0 aliphatic rings. The Bertz CT molecular complexity index is 834. The summed E-state index contributed by atoms with van der Waals surface area (Å²) in [6, 6.07) is 12.3. The predicted molar refractivity (Wildman–Crippen MR) is 106 cm³/mol. The van der Waals surface area contributed by atoms with Crippen LogP contribution in [0.15, 0.2) is 47.6 Å². The van der Waals surface area contributed by atoms with Crippen LogP contribution in [0.3, 0.4) is 0 Å². The number of phenols is 1. The number of carbonyl (C=O) groups excluding carboxylic acids is 2. The van der Waals surface area contributed by atoms with Crippen LogP contribution in [0.5, 0.6) is 5.75 Å². The SMILES string of the molecule is C/C(CC(=O)Nc1cccc(I)c1)=N\NC(=O)c1cccc(C)c1O. The molecule has 3 N–H and O–H groups in total. The van der Waals surface area contributed by atoms with E-state index in [1.165, 1.54) is 6.07 Å². The molecule has 0 aromatic heterocycles. The molecule has 0 aliphatic heterocycles. The van der Waals surface area contributed by atoms with Gasteiger partial charge in [0, 0.05) is 15.0 Å². The lowest BCUT2D eigenvalue weighted by atomic mass is 10.1. The zero-order valence-corrected chi connectivity index (χ0v) is 16.0. The average molecular weight is 451 g/mol. The van der Waals surface area contributed by atoms with Gasteiger partial charge in [0.15, 0.2) is 0 Å². The van der Waals surface area contributed by atoms with Gasteiger partial charge < -0.3 is 10.4 Å². The van der Waals surface area contributed by atoms with Crippen LogP contribution >= 0.6 is 22.6 Å². The Morgan fingerprint density at radius 1 is 1.20 bits per heavy atom. The van der Waals surface area contributed by atoms with E-state index in [0.717, 1.165) is 3.57 Å². The number of nitrogens with zero attached hydrogens (tertiary/aromatic N) is 1. The number of hydrazone groups is 1. The van der Waals surface area contributed by atoms with Crippen molar-refractivity contribution in [3.05, 3.63) is 57.2 Å². The van der Waals surface area contributed by atoms with Crippen LogP contribution in [0.1, 0.15) is 29.3 Å². The van der Waals surface area contributed by atoms with Gasteiger partial charge in [-0.3, -0.25) is 9.59 Å². The third-order valence-corrected chi connectivity index (χ3v) is 4.03. The smallest absolute Gasteiger partial charge is 0.275 e. The number of aryl methyl sites for hydroxylation is 1. The van der Waals surface area contributed by atoms with Crippen molar-refractivity contribution in [2.45, 2.75) is 20.3 Å². The van der Waals surface area contributed by atoms with E-state index in [0.29, 0.717) is 17.0 Å². The van der Waals surface area contributed by atoms with Gasteiger partial charge in [0.2, 0.25) is 5.91 Å². The third-order valence-electron chi connectivity index (χ3n) is 3.36. The van der Waals surface area contributed by atoms with Crippen molar-refractivity contribution in [2.24, 2.45) is 5.10 Å². The Morgan fingerprint density at radius 3 is 2.64 bits per heavy atom. The molecule has 0 bridgehead atoms. The van der Waals surface area contributed by atoms with Gasteiger partial charge in [-0.05, 0) is 66.3 Å². The minimum absolute atomic E-state index is 0.0472. The summed E-state index contributed by atoms with van der Waals surface area (Å²) in [4.78, 5) is 24.1. The maximum absolute atomic E-state index is 12.1. The molecule has 2 aromatic rings. The molecule has 25 heavy (non-hydrogen) atoms. The first-order chi connectivity index (χ1) is 11.9. The molecular formula is C18H18IN3O3. The fourth-order valence-corrected chi connectivity index (χ4v) is 2.64. The van der Waals surface area contributed by atoms with E-state index in [9.17, 15) is 14.7 Å². The zero-order chi connectivity index (χ0) is 18.4. The van der Waals surface area contributed by atoms with E-state index in [1.54, 1.807) is 32.0 Å². The Hall–Kier alpha value is -2.42. The van der Waals surface area contributed by atoms with E-state index >= 15 is 0 Å². The van der Waals surface area contributed by atoms with Gasteiger partial charge in [0.05, 0.1) is 12.0 Å². The highest BCUT2D eigenvalue weighted by Gasteiger charge is 2.12. The first kappa shape index (κ1) is 18.9. The summed E-state index contributed by atoms with van der Waals surface area (Å²) >= 11 is 2.17. The van der Waals surface area contributed by atoms with Crippen LogP contribution < -0.4 is 10.7 Å². The lowest BCUT2D eigenvalue weighted by Crippen LogP contribution is -2.21. The van der Waals surface area contributed by atoms with Gasteiger partial charge in [-0.1, -0.05) is 18.2 Å². The van der Waals surface area contributed by atoms with Crippen LogP contribution in [0.25, 0.3) is 0 Å². The highest BCUT2D eigenvalue weighted by Crippen LogP contribution is 2.21. The fraction of sp³-hybridized carbons (Fsp3) is 0.167. The van der Waals surface area contributed by atoms with E-state index in [2.05, 4.69) is 38.4 Å². The minimum atomic E-state index is -0.529. The number of rotatable bonds is 5. The second-order valence-electron chi connectivity index (χ2n) is 5.49. The minimum Gasteiger partial charge on any atom is -0.507 e. The number of benzene rings is 2. The number of anilines is 1. The van der Waals surface area contributed by atoms with Crippen LogP contribution in [-0.4, -0.2) is 22.6 Å². The van der Waals surface area contributed by atoms with Crippen LogP contribution in [0.4, 0.5) is 5.69 Å². The summed E-state index contributed by atoms with van der Waals surface area (Å²) in [5.74, 6) is -0.834. The Balaban J connectivity index is 1.93. The quantitative estimate of drug-likeness (QED) is 0.370. The molecule has 0 heterocycles. The lowest BCUT2D eigenvalue weighted by molar-refractivity contribution is -0.115. The molecule has 2 amide bonds. The molecule has 2 aromatic carbocycles. The molecule has 0 saturated heterocycles. The molecule has 0 fully saturated rings. The van der Waals surface area contributed by atoms with Crippen LogP contribution in [-0.2, 0) is 4.79 Å². The molecule has 0 radical (unpaired) electrons. The summed E-state index contributed by atoms with van der Waals surface area (Å²) in [5, 5.41) is 16.6. The number of para-hydroxylation sites is 1. The van der Waals surface area contributed by atoms with Gasteiger partial charge in [0.1, 0.15) is 5.75 Å². The first-order valence-corrected chi connectivity index (χ1v) is 8.62. The zero-order valence-electron chi connectivity index (χ0n) is 13.8. The average Bonchev–Trinajstić information content (AvgIpc) is 2.55. The largest absolute Gasteiger partial charge is 0.507 e. The lowest BCUT2D eigenvalue weighted by Gasteiger charge is -2.07. The second kappa shape index (κ2) is 8.61. The van der Waals surface area contributed by atoms with E-state index < -0.39 is 5.91 Å². The van der Waals surface area contributed by atoms with Crippen molar-refractivity contribution in [1.29, 1.82) is 0 Å². The fourth-order valence-electron chi connectivity index (χ4n) is 2.09. The van der Waals surface area contributed by atoms with E-state index in [4.69, 9.17) is 0 Å². The van der Waals surface area contributed by atoms with Crippen LogP contribution in [0.2, 0.25) is 0 Å². The molecule has 6 nitrogen and oxygen atoms in total. The molecule has 2 rings (SSSR count). The van der Waals surface area contributed by atoms with Crippen molar-refractivity contribution >= 4 is 45.8 Å². The summed E-state index contributed by atoms with van der Waals surface area (Å²) in [6.45, 7) is 3.35. The second-order valence-corrected chi connectivity index (χ2v) is 6.74. The Kier molecular flexibility index (Phi) is 6.51. The van der Waals surface area contributed by atoms with Gasteiger partial charge in [-0.25, -0.2) is 5.43 Å². The first-order valence-electron chi connectivity index (χ1n) is 7.54. The molecule has 0 aliphatic carbocycles.